The minimum Gasteiger partial charge on any atom is -0.399 e. The summed E-state index contributed by atoms with van der Waals surface area (Å²) in [7, 11) is -0.443. The van der Waals surface area contributed by atoms with E-state index in [1.807, 2.05) is 0 Å². The molecule has 0 atom stereocenters. The second-order valence-electron chi connectivity index (χ2n) is 28.2. The maximum absolute atomic E-state index is 6.56. The van der Waals surface area contributed by atoms with Crippen LogP contribution in [-0.4, -0.2) is 32.4 Å². The van der Waals surface area contributed by atoms with E-state index in [2.05, 4.69) is 385 Å². The summed E-state index contributed by atoms with van der Waals surface area (Å²) in [4.78, 5) is 3.73. The Bertz CT molecular complexity index is 6530. The highest BCUT2D eigenvalue weighted by Crippen LogP contribution is 2.48. The average molecular weight is 1380 g/mol. The number of benzene rings is 16. The van der Waals surface area contributed by atoms with Crippen LogP contribution in [-0.2, 0) is 15.7 Å². The van der Waals surface area contributed by atoms with Gasteiger partial charge in [-0.2, -0.15) is 0 Å². The van der Waals surface area contributed by atoms with Crippen molar-refractivity contribution >= 4 is 137 Å². The number of H-pyrrole nitrogens is 1. The Balaban J connectivity index is 0.000000115. The largest absolute Gasteiger partial charge is 0.495 e. The zero-order valence-corrected chi connectivity index (χ0v) is 58.6. The number of aromatic nitrogens is 3. The molecule has 0 amide bonds. The molecule has 1 aliphatic carbocycles. The van der Waals surface area contributed by atoms with Crippen LogP contribution >= 0.6 is 15.9 Å². The van der Waals surface area contributed by atoms with Gasteiger partial charge in [0.05, 0.1) is 38.8 Å². The van der Waals surface area contributed by atoms with Crippen LogP contribution in [0.5, 0.6) is 0 Å². The highest BCUT2D eigenvalue weighted by molar-refractivity contribution is 9.10. The molecule has 4 heterocycles. The van der Waals surface area contributed by atoms with Crippen LogP contribution < -0.4 is 5.46 Å². The van der Waals surface area contributed by atoms with Gasteiger partial charge in [-0.15, -0.1) is 0 Å². The number of nitrogens with zero attached hydrogens (tertiary/aromatic N) is 2. The molecule has 0 unspecified atom stereocenters. The second kappa shape index (κ2) is 24.4. The fourth-order valence-electron chi connectivity index (χ4n) is 16.4. The number of hydrogen-bond acceptors (Lipinski definition) is 2. The lowest BCUT2D eigenvalue weighted by atomic mass is 9.75. The topological polar surface area (TPSA) is 44.1 Å². The molecule has 2 aliphatic rings. The number of nitrogens with one attached hydrogen (secondary N) is 1. The highest BCUT2D eigenvalue weighted by atomic mass is 79.9. The van der Waals surface area contributed by atoms with Gasteiger partial charge in [0.15, 0.2) is 0 Å². The Kier molecular flexibility index (Phi) is 14.7. The van der Waals surface area contributed by atoms with Crippen molar-refractivity contribution in [1.82, 2.24) is 14.1 Å². The number of fused-ring (bicyclic) bond motifs is 20. The van der Waals surface area contributed by atoms with Gasteiger partial charge in [-0.3, -0.25) is 0 Å². The predicted octanol–water partition coefficient (Wildman–Crippen LogP) is 25.1. The van der Waals surface area contributed by atoms with E-state index in [1.165, 1.54) is 163 Å². The fourth-order valence-corrected chi connectivity index (χ4v) is 16.9. The second-order valence-corrected chi connectivity index (χ2v) is 29.1. The van der Waals surface area contributed by atoms with Crippen LogP contribution in [0.4, 0.5) is 0 Å². The lowest BCUT2D eigenvalue weighted by molar-refractivity contribution is 0.00578. The van der Waals surface area contributed by atoms with Crippen molar-refractivity contribution in [3.05, 3.63) is 343 Å². The van der Waals surface area contributed by atoms with Crippen LogP contribution in [0, 0.1) is 0 Å². The molecule has 1 N–H and O–H groups in total. The Hall–Kier alpha value is -11.6. The summed E-state index contributed by atoms with van der Waals surface area (Å²) in [6.07, 6.45) is 1.05. The lowest BCUT2D eigenvalue weighted by Crippen LogP contribution is -2.41. The van der Waals surface area contributed by atoms with Gasteiger partial charge in [-0.05, 0) is 200 Å². The molecule has 21 rings (SSSR count). The van der Waals surface area contributed by atoms with Gasteiger partial charge < -0.3 is 23.4 Å². The summed E-state index contributed by atoms with van der Waals surface area (Å²) in [5, 5.41) is 17.7. The summed E-state index contributed by atoms with van der Waals surface area (Å²) in [5.41, 5.74) is 22.7. The van der Waals surface area contributed by atoms with Crippen molar-refractivity contribution in [2.24, 2.45) is 0 Å². The molecule has 19 aromatic rings. The normalized spacial score (nSPS) is 13.8. The number of para-hydroxylation sites is 3. The Labute approximate surface area is 600 Å². The fraction of sp³-hybridized carbons (Fsp3) is 0.0737. The van der Waals surface area contributed by atoms with Crippen molar-refractivity contribution in [2.45, 2.75) is 45.3 Å². The van der Waals surface area contributed by atoms with Gasteiger partial charge in [-0.25, -0.2) is 0 Å². The number of rotatable bonds is 6. The monoisotopic (exact) mass is 1370 g/mol. The van der Waals surface area contributed by atoms with Crippen molar-refractivity contribution in [3.8, 4) is 55.9 Å². The minimum atomic E-state index is -0.443. The predicted molar refractivity (Wildman–Crippen MR) is 435 cm³/mol. The Morgan fingerprint density at radius 2 is 0.745 bits per heavy atom. The first-order chi connectivity index (χ1) is 50.0. The summed E-state index contributed by atoms with van der Waals surface area (Å²) >= 11 is 3.70. The third-order valence-corrected chi connectivity index (χ3v) is 22.6. The molecule has 102 heavy (non-hydrogen) atoms. The zero-order valence-electron chi connectivity index (χ0n) is 57.1. The number of hydrogen-bond donors (Lipinski definition) is 1. The lowest BCUT2D eigenvalue weighted by Gasteiger charge is -2.32. The quantitative estimate of drug-likeness (QED) is 0.169. The molecule has 3 aromatic heterocycles. The minimum absolute atomic E-state index is 0.409. The summed E-state index contributed by atoms with van der Waals surface area (Å²) < 4.78 is 19.1. The van der Waals surface area contributed by atoms with E-state index in [1.54, 1.807) is 0 Å². The molecule has 7 heteroatoms. The van der Waals surface area contributed by atoms with E-state index in [-0.39, 0.29) is 0 Å². The number of aromatic amines is 1. The van der Waals surface area contributed by atoms with Crippen molar-refractivity contribution < 1.29 is 9.31 Å². The van der Waals surface area contributed by atoms with Gasteiger partial charge in [0.1, 0.15) is 0 Å². The van der Waals surface area contributed by atoms with Gasteiger partial charge in [0.2, 0.25) is 0 Å². The molecule has 16 aromatic carbocycles. The molecule has 486 valence electrons. The first-order valence-electron chi connectivity index (χ1n) is 35.3. The van der Waals surface area contributed by atoms with E-state index < -0.39 is 18.3 Å². The summed E-state index contributed by atoms with van der Waals surface area (Å²) in [5.74, 6) is 0. The SMILES string of the molecule is Brc1cc2c(c3ccccc13)Cc1ccccc1-2.CC1(C)OB(c2cc3c(c4ccccc24)c2ccccc2n3-c2ccc(-c3ccccc3)cc2)OC1(C)C.c1ccc(-c2ccc(-n3c4ccccc4c4c5ccccc5c(-c5cc6c7ccccc7[nH]c6c6ccccc56)cc43)cc2)cc1. The molecular weight excluding hydrogens is 1310 g/mol. The first kappa shape index (κ1) is 61.5. The van der Waals surface area contributed by atoms with E-state index in [4.69, 9.17) is 9.31 Å². The van der Waals surface area contributed by atoms with Crippen LogP contribution in [0.15, 0.2) is 332 Å². The van der Waals surface area contributed by atoms with Gasteiger partial charge in [0, 0.05) is 59.1 Å². The summed E-state index contributed by atoms with van der Waals surface area (Å²) in [6.45, 7) is 8.44. The summed E-state index contributed by atoms with van der Waals surface area (Å²) in [6, 6.07) is 118. The van der Waals surface area contributed by atoms with E-state index >= 15 is 0 Å². The Morgan fingerprint density at radius 3 is 1.33 bits per heavy atom. The van der Waals surface area contributed by atoms with Crippen LogP contribution in [0.25, 0.3) is 164 Å². The molecule has 1 fully saturated rings. The first-order valence-corrected chi connectivity index (χ1v) is 36.1. The third-order valence-electron chi connectivity index (χ3n) is 22.0. The molecule has 0 saturated carbocycles. The Morgan fingerprint density at radius 1 is 0.324 bits per heavy atom. The standard InChI is InChI=1S/C44H28N2.C34H30BNO2.C17H11Br/c1-2-12-28(13-3-1)29-22-24-30(25-23-29)46-41-21-11-9-19-36(41)43-34-17-6-4-14-31(34)38(27-42(43)46)37-26-39-33-16-8-10-20-40(33)45-44(39)35-18-7-5-15-32(35)37;1-33(2)34(3,4)38-35(37-33)29-22-31-32(27-15-9-8-14-26(27)29)28-16-10-11-17-30(28)36(31)25-20-18-24(19-21-25)23-12-6-5-7-13-23;18-17-10-16-12-6-2-1-5-11(12)9-15(16)13-7-3-4-8-14(13)17/h1-27,45H;5-22H,1-4H3;1-8,10H,9H2. The van der Waals surface area contributed by atoms with Crippen molar-refractivity contribution in [1.29, 1.82) is 0 Å². The molecule has 0 bridgehead atoms. The van der Waals surface area contributed by atoms with E-state index in [0.717, 1.165) is 28.8 Å². The maximum Gasteiger partial charge on any atom is 0.495 e. The van der Waals surface area contributed by atoms with Crippen LogP contribution in [0.1, 0.15) is 38.8 Å². The van der Waals surface area contributed by atoms with Crippen molar-refractivity contribution in [2.75, 3.05) is 0 Å². The molecule has 0 spiro atoms. The van der Waals surface area contributed by atoms with Gasteiger partial charge in [0.25, 0.3) is 0 Å². The van der Waals surface area contributed by atoms with Crippen molar-refractivity contribution in [3.63, 3.8) is 0 Å². The van der Waals surface area contributed by atoms with E-state index in [9.17, 15) is 0 Å². The molecule has 1 saturated heterocycles. The third kappa shape index (κ3) is 10.0. The van der Waals surface area contributed by atoms with Gasteiger partial charge in [-0.1, -0.05) is 277 Å². The number of halogens is 1. The highest BCUT2D eigenvalue weighted by Gasteiger charge is 2.52. The average Bonchev–Trinajstić information content (AvgIpc) is 1.52. The van der Waals surface area contributed by atoms with Crippen LogP contribution in [0.3, 0.4) is 0 Å². The molecular formula is C95H69BBrN3O2. The van der Waals surface area contributed by atoms with Crippen LogP contribution in [0.2, 0.25) is 0 Å². The van der Waals surface area contributed by atoms with Gasteiger partial charge >= 0.3 is 7.12 Å². The maximum atomic E-state index is 6.56. The molecule has 0 radical (unpaired) electrons. The van der Waals surface area contributed by atoms with E-state index in [0.29, 0.717) is 0 Å². The zero-order chi connectivity index (χ0) is 68.4. The molecule has 5 nitrogen and oxygen atoms in total. The molecule has 1 aliphatic heterocycles. The smallest absolute Gasteiger partial charge is 0.399 e.